The van der Waals surface area contributed by atoms with E-state index >= 15 is 0 Å². The first kappa shape index (κ1) is 20.0. The summed E-state index contributed by atoms with van der Waals surface area (Å²) in [5.41, 5.74) is 2.36. The monoisotopic (exact) mass is 422 g/mol. The summed E-state index contributed by atoms with van der Waals surface area (Å²) in [6, 6.07) is 20.3. The van der Waals surface area contributed by atoms with E-state index in [1.165, 1.54) is 17.0 Å². The molecule has 0 fully saturated rings. The molecule has 152 valence electrons. The molecule has 1 aliphatic heterocycles. The molecule has 2 amide bonds. The minimum atomic E-state index is -1.48. The second-order valence-corrected chi connectivity index (χ2v) is 8.37. The van der Waals surface area contributed by atoms with Gasteiger partial charge in [-0.2, -0.15) is 0 Å². The number of benzene rings is 3. The van der Waals surface area contributed by atoms with Crippen LogP contribution in [-0.2, 0) is 28.7 Å². The van der Waals surface area contributed by atoms with Crippen LogP contribution in [0, 0.1) is 5.82 Å². The van der Waals surface area contributed by atoms with Crippen molar-refractivity contribution in [2.45, 2.75) is 18.0 Å². The number of nitrogens with one attached hydrogen (secondary N) is 1. The lowest BCUT2D eigenvalue weighted by atomic mass is 10.1. The Balaban J connectivity index is 1.60. The number of rotatable bonds is 5. The van der Waals surface area contributed by atoms with Crippen LogP contribution >= 0.6 is 0 Å². The highest BCUT2D eigenvalue weighted by Crippen LogP contribution is 2.31. The van der Waals surface area contributed by atoms with Crippen molar-refractivity contribution in [2.75, 3.05) is 10.7 Å². The Bertz CT molecular complexity index is 1130. The second kappa shape index (κ2) is 8.59. The lowest BCUT2D eigenvalue weighted by Crippen LogP contribution is -2.38. The zero-order chi connectivity index (χ0) is 21.1. The zero-order valence-electron chi connectivity index (χ0n) is 16.0. The third kappa shape index (κ3) is 4.31. The maximum atomic E-state index is 13.6. The van der Waals surface area contributed by atoms with Gasteiger partial charge in [0.05, 0.1) is 27.9 Å². The minimum Gasteiger partial charge on any atom is -0.348 e. The maximum absolute atomic E-state index is 13.6. The number of nitrogens with zero attached hydrogens (tertiary/aromatic N) is 1. The van der Waals surface area contributed by atoms with Gasteiger partial charge in [0.15, 0.2) is 0 Å². The van der Waals surface area contributed by atoms with Gasteiger partial charge >= 0.3 is 0 Å². The number of carbonyl (C=O) groups is 2. The molecule has 7 heteroatoms. The minimum absolute atomic E-state index is 0.135. The first-order chi connectivity index (χ1) is 14.5. The molecule has 0 saturated heterocycles. The van der Waals surface area contributed by atoms with Crippen LogP contribution in [0.25, 0.3) is 0 Å². The molecule has 1 heterocycles. The second-order valence-electron chi connectivity index (χ2n) is 6.95. The van der Waals surface area contributed by atoms with E-state index in [9.17, 15) is 18.2 Å². The first-order valence-electron chi connectivity index (χ1n) is 9.40. The fourth-order valence-corrected chi connectivity index (χ4v) is 4.49. The Labute approximate surface area is 176 Å². The van der Waals surface area contributed by atoms with E-state index in [0.29, 0.717) is 28.3 Å². The molecule has 4 rings (SSSR count). The summed E-state index contributed by atoms with van der Waals surface area (Å²) in [4.78, 5) is 27.2. The highest BCUT2D eigenvalue weighted by Gasteiger charge is 2.30. The molecule has 0 spiro atoms. The van der Waals surface area contributed by atoms with Gasteiger partial charge in [-0.1, -0.05) is 42.5 Å². The Morgan fingerprint density at radius 2 is 1.77 bits per heavy atom. The topological polar surface area (TPSA) is 66.5 Å². The average Bonchev–Trinajstić information content (AvgIpc) is 2.75. The van der Waals surface area contributed by atoms with Crippen LogP contribution in [0.15, 0.2) is 77.7 Å². The Morgan fingerprint density at radius 1 is 1.00 bits per heavy atom. The molecule has 0 aliphatic carbocycles. The summed E-state index contributed by atoms with van der Waals surface area (Å²) in [6.07, 6.45) is 0. The van der Waals surface area contributed by atoms with Gasteiger partial charge in [-0.3, -0.25) is 13.8 Å². The maximum Gasteiger partial charge on any atom is 0.251 e. The van der Waals surface area contributed by atoms with E-state index in [1.807, 2.05) is 30.3 Å². The van der Waals surface area contributed by atoms with Gasteiger partial charge in [0.25, 0.3) is 5.91 Å². The molecule has 0 bridgehead atoms. The highest BCUT2D eigenvalue weighted by atomic mass is 32.2. The molecule has 3 aromatic rings. The predicted octanol–water partition coefficient (Wildman–Crippen LogP) is 3.41. The molecular formula is C23H19FN2O3S. The number of carbonyl (C=O) groups excluding carboxylic acids is 2. The van der Waals surface area contributed by atoms with Crippen molar-refractivity contribution < 1.29 is 18.2 Å². The lowest BCUT2D eigenvalue weighted by molar-refractivity contribution is -0.116. The van der Waals surface area contributed by atoms with Crippen molar-refractivity contribution in [3.8, 4) is 0 Å². The van der Waals surface area contributed by atoms with Gasteiger partial charge in [-0.15, -0.1) is 0 Å². The van der Waals surface area contributed by atoms with Crippen LogP contribution in [0.3, 0.4) is 0 Å². The van der Waals surface area contributed by atoms with E-state index in [1.54, 1.807) is 30.3 Å². The van der Waals surface area contributed by atoms with Crippen LogP contribution in [0.4, 0.5) is 10.1 Å². The number of fused-ring (bicyclic) bond motifs is 1. The molecule has 30 heavy (non-hydrogen) atoms. The van der Waals surface area contributed by atoms with Crippen molar-refractivity contribution in [1.29, 1.82) is 0 Å². The smallest absolute Gasteiger partial charge is 0.251 e. The van der Waals surface area contributed by atoms with Gasteiger partial charge in [0.1, 0.15) is 11.6 Å². The molecule has 1 N–H and O–H groups in total. The molecule has 0 aromatic heterocycles. The average molecular weight is 422 g/mol. The highest BCUT2D eigenvalue weighted by molar-refractivity contribution is 7.86. The number of hydrogen-bond donors (Lipinski definition) is 1. The number of hydrogen-bond acceptors (Lipinski definition) is 3. The number of anilines is 1. The molecule has 5 nitrogen and oxygen atoms in total. The summed E-state index contributed by atoms with van der Waals surface area (Å²) in [7, 11) is -1.48. The van der Waals surface area contributed by atoms with Crippen LogP contribution in [0.5, 0.6) is 0 Å². The van der Waals surface area contributed by atoms with E-state index in [4.69, 9.17) is 0 Å². The molecule has 1 unspecified atom stereocenters. The first-order valence-corrected chi connectivity index (χ1v) is 10.7. The van der Waals surface area contributed by atoms with Crippen molar-refractivity contribution in [3.63, 3.8) is 0 Å². The lowest BCUT2D eigenvalue weighted by Gasteiger charge is -2.29. The summed E-state index contributed by atoms with van der Waals surface area (Å²) in [6.45, 7) is 0.504. The summed E-state index contributed by atoms with van der Waals surface area (Å²) in [5.74, 6) is -1.15. The molecule has 0 saturated carbocycles. The molecule has 0 radical (unpaired) electrons. The predicted molar refractivity (Wildman–Crippen MR) is 113 cm³/mol. The molecule has 1 aliphatic rings. The molecular weight excluding hydrogens is 403 g/mol. The summed E-state index contributed by atoms with van der Waals surface area (Å²) >= 11 is 0. The van der Waals surface area contributed by atoms with E-state index < -0.39 is 16.6 Å². The fourth-order valence-electron chi connectivity index (χ4n) is 3.34. The van der Waals surface area contributed by atoms with Gasteiger partial charge in [-0.25, -0.2) is 4.39 Å². The number of halogens is 1. The van der Waals surface area contributed by atoms with Crippen LogP contribution in [-0.4, -0.2) is 21.8 Å². The number of amides is 2. The van der Waals surface area contributed by atoms with Gasteiger partial charge in [0, 0.05) is 12.1 Å². The van der Waals surface area contributed by atoms with Gasteiger partial charge < -0.3 is 10.2 Å². The largest absolute Gasteiger partial charge is 0.348 e. The Kier molecular flexibility index (Phi) is 5.72. The van der Waals surface area contributed by atoms with Crippen molar-refractivity contribution in [2.24, 2.45) is 0 Å². The standard InChI is InChI=1S/C23H19FN2O3S/c24-19-8-4-7-17(11-19)14-26-20-12-18(9-10-21(20)30(29)15-22(26)27)23(28)25-13-16-5-2-1-3-6-16/h1-12H,13-15H2,(H,25,28). The van der Waals surface area contributed by atoms with Crippen LogP contribution in [0.1, 0.15) is 21.5 Å². The fraction of sp³-hybridized carbons (Fsp3) is 0.130. The third-order valence-electron chi connectivity index (χ3n) is 4.84. The van der Waals surface area contributed by atoms with E-state index in [-0.39, 0.29) is 24.1 Å². The Morgan fingerprint density at radius 3 is 2.53 bits per heavy atom. The van der Waals surface area contributed by atoms with E-state index in [0.717, 1.165) is 5.56 Å². The SMILES string of the molecule is O=C(NCc1ccccc1)c1ccc2c(c1)N(Cc1cccc(F)c1)C(=O)CS2=O. The van der Waals surface area contributed by atoms with Crippen molar-refractivity contribution in [3.05, 3.63) is 95.3 Å². The van der Waals surface area contributed by atoms with Crippen molar-refractivity contribution >= 4 is 28.3 Å². The molecule has 1 atom stereocenters. The quantitative estimate of drug-likeness (QED) is 0.685. The van der Waals surface area contributed by atoms with Gasteiger partial charge in [0.2, 0.25) is 5.91 Å². The van der Waals surface area contributed by atoms with E-state index in [2.05, 4.69) is 5.32 Å². The van der Waals surface area contributed by atoms with Crippen LogP contribution < -0.4 is 10.2 Å². The Hall–Kier alpha value is -3.32. The van der Waals surface area contributed by atoms with Crippen molar-refractivity contribution in [1.82, 2.24) is 5.32 Å². The molecule has 3 aromatic carbocycles. The van der Waals surface area contributed by atoms with Crippen LogP contribution in [0.2, 0.25) is 0 Å². The summed E-state index contributed by atoms with van der Waals surface area (Å²) in [5, 5.41) is 2.85. The summed E-state index contributed by atoms with van der Waals surface area (Å²) < 4.78 is 26.0. The normalized spacial score (nSPS) is 15.6. The van der Waals surface area contributed by atoms with Gasteiger partial charge in [-0.05, 0) is 41.5 Å². The third-order valence-corrected chi connectivity index (χ3v) is 6.18. The zero-order valence-corrected chi connectivity index (χ0v) is 16.8.